The van der Waals surface area contributed by atoms with E-state index in [4.69, 9.17) is 5.11 Å². The number of nitrogens with one attached hydrogen (secondary N) is 1. The fourth-order valence-corrected chi connectivity index (χ4v) is 2.04. The fourth-order valence-electron chi connectivity index (χ4n) is 1.64. The van der Waals surface area contributed by atoms with Gasteiger partial charge in [-0.15, -0.1) is 5.10 Å². The van der Waals surface area contributed by atoms with Gasteiger partial charge in [-0.05, 0) is 18.2 Å². The Bertz CT molecular complexity index is 546. The van der Waals surface area contributed by atoms with Gasteiger partial charge >= 0.3 is 0 Å². The zero-order chi connectivity index (χ0) is 13.7. The maximum atomic E-state index is 13.5. The second kappa shape index (κ2) is 6.74. The van der Waals surface area contributed by atoms with E-state index >= 15 is 0 Å². The lowest BCUT2D eigenvalue weighted by atomic mass is 10.2. The van der Waals surface area contributed by atoms with Crippen LogP contribution in [0.25, 0.3) is 0 Å². The molecule has 2 aromatic rings. The fraction of sp³-hybridized carbons (Fsp3) is 0.333. The van der Waals surface area contributed by atoms with Crippen LogP contribution >= 0.6 is 15.9 Å². The molecule has 0 saturated heterocycles. The maximum absolute atomic E-state index is 13.5. The van der Waals surface area contributed by atoms with E-state index < -0.39 is 0 Å². The molecule has 2 rings (SSSR count). The molecule has 0 amide bonds. The minimum atomic E-state index is -0.236. The van der Waals surface area contributed by atoms with Crippen molar-refractivity contribution >= 4 is 15.9 Å². The first-order chi connectivity index (χ1) is 9.19. The minimum Gasteiger partial charge on any atom is -0.394 e. The van der Waals surface area contributed by atoms with Crippen LogP contribution in [0.2, 0.25) is 0 Å². The standard InChI is InChI=1S/C12H14BrFN4O/c13-10-1-2-12(14)9(5-10)6-15-7-11-8-18(3-4-19)17-16-11/h1-2,5,8,15,19H,3-4,6-7H2. The molecule has 0 atom stereocenters. The molecule has 0 unspecified atom stereocenters. The van der Waals surface area contributed by atoms with Crippen LogP contribution in [-0.4, -0.2) is 26.7 Å². The van der Waals surface area contributed by atoms with Crippen molar-refractivity contribution in [2.45, 2.75) is 19.6 Å². The minimum absolute atomic E-state index is 0.0273. The predicted octanol–water partition coefficient (Wildman–Crippen LogP) is 1.46. The highest BCUT2D eigenvalue weighted by Gasteiger charge is 2.04. The lowest BCUT2D eigenvalue weighted by Crippen LogP contribution is -2.14. The zero-order valence-corrected chi connectivity index (χ0v) is 11.8. The molecule has 0 saturated carbocycles. The molecule has 0 spiro atoms. The summed E-state index contributed by atoms with van der Waals surface area (Å²) in [7, 11) is 0. The van der Waals surface area contributed by atoms with E-state index in [1.54, 1.807) is 23.0 Å². The number of aliphatic hydroxyl groups excluding tert-OH is 1. The van der Waals surface area contributed by atoms with E-state index in [9.17, 15) is 4.39 Å². The van der Waals surface area contributed by atoms with Gasteiger partial charge in [0.05, 0.1) is 18.8 Å². The van der Waals surface area contributed by atoms with Crippen LogP contribution in [-0.2, 0) is 19.6 Å². The lowest BCUT2D eigenvalue weighted by molar-refractivity contribution is 0.268. The molecule has 0 bridgehead atoms. The molecule has 0 fully saturated rings. The van der Waals surface area contributed by atoms with Crippen molar-refractivity contribution in [1.82, 2.24) is 20.3 Å². The molecule has 1 aromatic heterocycles. The number of hydrogen-bond donors (Lipinski definition) is 2. The van der Waals surface area contributed by atoms with Crippen LogP contribution in [0.3, 0.4) is 0 Å². The van der Waals surface area contributed by atoms with Gasteiger partial charge in [0.25, 0.3) is 0 Å². The molecule has 0 aliphatic heterocycles. The monoisotopic (exact) mass is 328 g/mol. The van der Waals surface area contributed by atoms with E-state index in [1.807, 2.05) is 0 Å². The Labute approximate surface area is 118 Å². The predicted molar refractivity (Wildman–Crippen MR) is 71.8 cm³/mol. The average molecular weight is 329 g/mol. The molecule has 1 aromatic carbocycles. The molecule has 1 heterocycles. The highest BCUT2D eigenvalue weighted by atomic mass is 79.9. The quantitative estimate of drug-likeness (QED) is 0.842. The Morgan fingerprint density at radius 1 is 1.37 bits per heavy atom. The zero-order valence-electron chi connectivity index (χ0n) is 10.2. The van der Waals surface area contributed by atoms with Gasteiger partial charge in [-0.25, -0.2) is 9.07 Å². The van der Waals surface area contributed by atoms with Crippen LogP contribution in [0.5, 0.6) is 0 Å². The van der Waals surface area contributed by atoms with Crippen molar-refractivity contribution in [2.75, 3.05) is 6.61 Å². The summed E-state index contributed by atoms with van der Waals surface area (Å²) in [5.41, 5.74) is 1.35. The molecule has 0 aliphatic rings. The van der Waals surface area contributed by atoms with Crippen LogP contribution in [0.15, 0.2) is 28.9 Å². The van der Waals surface area contributed by atoms with E-state index in [0.29, 0.717) is 25.2 Å². The smallest absolute Gasteiger partial charge is 0.127 e. The van der Waals surface area contributed by atoms with Gasteiger partial charge in [0.2, 0.25) is 0 Å². The summed E-state index contributed by atoms with van der Waals surface area (Å²) in [6.07, 6.45) is 1.75. The summed E-state index contributed by atoms with van der Waals surface area (Å²) in [6, 6.07) is 4.84. The second-order valence-electron chi connectivity index (χ2n) is 4.04. The van der Waals surface area contributed by atoms with Gasteiger partial charge in [-0.1, -0.05) is 21.1 Å². The Kier molecular flexibility index (Phi) is 5.00. The molecule has 0 aliphatic carbocycles. The van der Waals surface area contributed by atoms with Gasteiger partial charge in [0.15, 0.2) is 0 Å². The second-order valence-corrected chi connectivity index (χ2v) is 4.95. The molecule has 102 valence electrons. The highest BCUT2D eigenvalue weighted by Crippen LogP contribution is 2.15. The Morgan fingerprint density at radius 2 is 2.21 bits per heavy atom. The average Bonchev–Trinajstić information content (AvgIpc) is 2.82. The first-order valence-corrected chi connectivity index (χ1v) is 6.63. The van der Waals surface area contributed by atoms with E-state index in [2.05, 4.69) is 31.6 Å². The maximum Gasteiger partial charge on any atom is 0.127 e. The van der Waals surface area contributed by atoms with E-state index in [0.717, 1.165) is 10.2 Å². The summed E-state index contributed by atoms with van der Waals surface area (Å²) in [5.74, 6) is -0.236. The van der Waals surface area contributed by atoms with Crippen molar-refractivity contribution in [3.63, 3.8) is 0 Å². The van der Waals surface area contributed by atoms with Crippen LogP contribution in [0.1, 0.15) is 11.3 Å². The number of hydrogen-bond acceptors (Lipinski definition) is 4. The first kappa shape index (κ1) is 14.1. The number of aromatic nitrogens is 3. The number of nitrogens with zero attached hydrogens (tertiary/aromatic N) is 3. The largest absolute Gasteiger partial charge is 0.394 e. The Balaban J connectivity index is 1.87. The first-order valence-electron chi connectivity index (χ1n) is 5.83. The number of halogens is 2. The molecule has 0 radical (unpaired) electrons. The number of aliphatic hydroxyl groups is 1. The lowest BCUT2D eigenvalue weighted by Gasteiger charge is -2.04. The van der Waals surface area contributed by atoms with Crippen LogP contribution in [0.4, 0.5) is 4.39 Å². The summed E-state index contributed by atoms with van der Waals surface area (Å²) in [6.45, 7) is 1.36. The third kappa shape index (κ3) is 4.09. The number of benzene rings is 1. The van der Waals surface area contributed by atoms with Crippen molar-refractivity contribution in [1.29, 1.82) is 0 Å². The van der Waals surface area contributed by atoms with Gasteiger partial charge in [-0.3, -0.25) is 0 Å². The molecule has 19 heavy (non-hydrogen) atoms. The van der Waals surface area contributed by atoms with Gasteiger partial charge < -0.3 is 10.4 Å². The Morgan fingerprint density at radius 3 is 3.00 bits per heavy atom. The molecule has 2 N–H and O–H groups in total. The third-order valence-corrected chi connectivity index (χ3v) is 3.04. The van der Waals surface area contributed by atoms with Crippen molar-refractivity contribution in [3.8, 4) is 0 Å². The molecule has 7 heteroatoms. The SMILES string of the molecule is OCCn1cc(CNCc2cc(Br)ccc2F)nn1. The summed E-state index contributed by atoms with van der Waals surface area (Å²) < 4.78 is 15.9. The highest BCUT2D eigenvalue weighted by molar-refractivity contribution is 9.10. The molecular weight excluding hydrogens is 315 g/mol. The Hall–Kier alpha value is -1.31. The number of rotatable bonds is 6. The van der Waals surface area contributed by atoms with E-state index in [1.165, 1.54) is 6.07 Å². The summed E-state index contributed by atoms with van der Waals surface area (Å²) >= 11 is 3.31. The third-order valence-electron chi connectivity index (χ3n) is 2.54. The van der Waals surface area contributed by atoms with Crippen LogP contribution in [0, 0.1) is 5.82 Å². The molecular formula is C12H14BrFN4O. The topological polar surface area (TPSA) is 63.0 Å². The summed E-state index contributed by atoms with van der Waals surface area (Å²) in [4.78, 5) is 0. The van der Waals surface area contributed by atoms with Crippen LogP contribution < -0.4 is 5.32 Å². The van der Waals surface area contributed by atoms with Gasteiger partial charge in [0.1, 0.15) is 5.82 Å². The molecule has 5 nitrogen and oxygen atoms in total. The van der Waals surface area contributed by atoms with Gasteiger partial charge in [0, 0.05) is 29.3 Å². The normalized spacial score (nSPS) is 10.9. The van der Waals surface area contributed by atoms with Crippen molar-refractivity contribution < 1.29 is 9.50 Å². The van der Waals surface area contributed by atoms with Gasteiger partial charge in [-0.2, -0.15) is 0 Å². The van der Waals surface area contributed by atoms with E-state index in [-0.39, 0.29) is 12.4 Å². The van der Waals surface area contributed by atoms with Crippen molar-refractivity contribution in [2.24, 2.45) is 0 Å². The van der Waals surface area contributed by atoms with Crippen molar-refractivity contribution in [3.05, 3.63) is 45.9 Å². The summed E-state index contributed by atoms with van der Waals surface area (Å²) in [5, 5.41) is 19.7.